The predicted octanol–water partition coefficient (Wildman–Crippen LogP) is 3.20. The van der Waals surface area contributed by atoms with E-state index in [-0.39, 0.29) is 11.8 Å². The minimum absolute atomic E-state index is 0.0150. The Labute approximate surface area is 126 Å². The molecule has 2 aromatic rings. The van der Waals surface area contributed by atoms with Crippen LogP contribution in [-0.4, -0.2) is 20.9 Å². The lowest BCUT2D eigenvalue weighted by molar-refractivity contribution is -0.119. The fraction of sp³-hybridized carbons (Fsp3) is 0.438. The SMILES string of the molecule is CC.Cc1nnn(C[C@H](C)C(=O)Nc2ccccc2)c1C. The summed E-state index contributed by atoms with van der Waals surface area (Å²) in [6, 6.07) is 9.45. The Morgan fingerprint density at radius 2 is 1.86 bits per heavy atom. The number of amides is 1. The molecule has 1 aromatic heterocycles. The Kier molecular flexibility index (Phi) is 6.59. The molecule has 5 nitrogen and oxygen atoms in total. The quantitative estimate of drug-likeness (QED) is 0.940. The molecule has 0 saturated carbocycles. The molecule has 5 heteroatoms. The Morgan fingerprint density at radius 1 is 1.24 bits per heavy atom. The van der Waals surface area contributed by atoms with E-state index < -0.39 is 0 Å². The van der Waals surface area contributed by atoms with E-state index in [4.69, 9.17) is 0 Å². The van der Waals surface area contributed by atoms with Crippen molar-refractivity contribution in [2.45, 2.75) is 41.2 Å². The number of aromatic nitrogens is 3. The topological polar surface area (TPSA) is 59.8 Å². The van der Waals surface area contributed by atoms with Gasteiger partial charge in [-0.25, -0.2) is 4.68 Å². The van der Waals surface area contributed by atoms with Gasteiger partial charge >= 0.3 is 0 Å². The van der Waals surface area contributed by atoms with E-state index in [0.717, 1.165) is 17.1 Å². The van der Waals surface area contributed by atoms with Crippen molar-refractivity contribution in [1.29, 1.82) is 0 Å². The van der Waals surface area contributed by atoms with Crippen LogP contribution in [0.1, 0.15) is 32.2 Å². The first-order chi connectivity index (χ1) is 10.1. The number of carbonyl (C=O) groups is 1. The summed E-state index contributed by atoms with van der Waals surface area (Å²) in [6.07, 6.45) is 0. The molecule has 0 aliphatic carbocycles. The third-order valence-corrected chi connectivity index (χ3v) is 3.15. The highest BCUT2D eigenvalue weighted by atomic mass is 16.1. The molecule has 114 valence electrons. The van der Waals surface area contributed by atoms with Crippen LogP contribution >= 0.6 is 0 Å². The van der Waals surface area contributed by atoms with Gasteiger partial charge in [0.25, 0.3) is 0 Å². The minimum atomic E-state index is -0.167. The van der Waals surface area contributed by atoms with Gasteiger partial charge in [0.2, 0.25) is 5.91 Å². The van der Waals surface area contributed by atoms with E-state index in [1.54, 1.807) is 4.68 Å². The maximum Gasteiger partial charge on any atom is 0.229 e. The average Bonchev–Trinajstić information content (AvgIpc) is 2.82. The molecule has 0 saturated heterocycles. The van der Waals surface area contributed by atoms with Crippen LogP contribution in [-0.2, 0) is 11.3 Å². The summed E-state index contributed by atoms with van der Waals surface area (Å²) in [5.41, 5.74) is 2.71. The number of hydrogen-bond donors (Lipinski definition) is 1. The lowest BCUT2D eigenvalue weighted by atomic mass is 10.1. The van der Waals surface area contributed by atoms with Crippen LogP contribution in [0.2, 0.25) is 0 Å². The lowest BCUT2D eigenvalue weighted by Crippen LogP contribution is -2.25. The van der Waals surface area contributed by atoms with Gasteiger partial charge in [-0.15, -0.1) is 5.10 Å². The molecule has 0 radical (unpaired) electrons. The number of benzene rings is 1. The molecule has 0 bridgehead atoms. The van der Waals surface area contributed by atoms with Crippen LogP contribution in [0, 0.1) is 19.8 Å². The van der Waals surface area contributed by atoms with E-state index >= 15 is 0 Å². The number of rotatable bonds is 4. The molecule has 1 heterocycles. The van der Waals surface area contributed by atoms with E-state index in [2.05, 4.69) is 15.6 Å². The summed E-state index contributed by atoms with van der Waals surface area (Å²) in [7, 11) is 0. The van der Waals surface area contributed by atoms with Crippen LogP contribution in [0.4, 0.5) is 5.69 Å². The monoisotopic (exact) mass is 288 g/mol. The Balaban J connectivity index is 0.00000106. The van der Waals surface area contributed by atoms with Crippen LogP contribution in [0.15, 0.2) is 30.3 Å². The normalized spacial score (nSPS) is 11.3. The van der Waals surface area contributed by atoms with Gasteiger partial charge in [0.15, 0.2) is 0 Å². The molecule has 0 aliphatic rings. The van der Waals surface area contributed by atoms with Gasteiger partial charge in [-0.05, 0) is 26.0 Å². The highest BCUT2D eigenvalue weighted by Crippen LogP contribution is 2.10. The number of nitrogens with one attached hydrogen (secondary N) is 1. The summed E-state index contributed by atoms with van der Waals surface area (Å²) in [5.74, 6) is -0.182. The molecule has 0 unspecified atom stereocenters. The zero-order chi connectivity index (χ0) is 15.8. The Bertz CT molecular complexity index is 563. The molecule has 1 N–H and O–H groups in total. The third kappa shape index (κ3) is 4.70. The van der Waals surface area contributed by atoms with Gasteiger partial charge in [0.1, 0.15) is 0 Å². The fourth-order valence-electron chi connectivity index (χ4n) is 1.75. The number of nitrogens with zero attached hydrogens (tertiary/aromatic N) is 3. The summed E-state index contributed by atoms with van der Waals surface area (Å²) >= 11 is 0. The molecule has 1 aromatic carbocycles. The fourth-order valence-corrected chi connectivity index (χ4v) is 1.75. The molecule has 1 amide bonds. The van der Waals surface area contributed by atoms with Gasteiger partial charge in [-0.1, -0.05) is 44.2 Å². The zero-order valence-corrected chi connectivity index (χ0v) is 13.4. The highest BCUT2D eigenvalue weighted by molar-refractivity contribution is 5.92. The van der Waals surface area contributed by atoms with Crippen molar-refractivity contribution < 1.29 is 4.79 Å². The number of aryl methyl sites for hydroxylation is 1. The summed E-state index contributed by atoms with van der Waals surface area (Å²) < 4.78 is 1.77. The summed E-state index contributed by atoms with van der Waals surface area (Å²) in [4.78, 5) is 12.1. The first-order valence-electron chi connectivity index (χ1n) is 7.30. The van der Waals surface area contributed by atoms with E-state index in [1.165, 1.54) is 0 Å². The van der Waals surface area contributed by atoms with Crippen LogP contribution < -0.4 is 5.32 Å². The second-order valence-corrected chi connectivity index (χ2v) is 4.70. The number of hydrogen-bond acceptors (Lipinski definition) is 3. The zero-order valence-electron chi connectivity index (χ0n) is 13.4. The van der Waals surface area contributed by atoms with Gasteiger partial charge in [0.05, 0.1) is 23.9 Å². The number of carbonyl (C=O) groups excluding carboxylic acids is 1. The van der Waals surface area contributed by atoms with Gasteiger partial charge in [-0.3, -0.25) is 4.79 Å². The first-order valence-corrected chi connectivity index (χ1v) is 7.30. The van der Waals surface area contributed by atoms with Crippen molar-refractivity contribution in [2.24, 2.45) is 5.92 Å². The number of anilines is 1. The van der Waals surface area contributed by atoms with Crippen molar-refractivity contribution in [3.63, 3.8) is 0 Å². The van der Waals surface area contributed by atoms with Crippen molar-refractivity contribution in [3.05, 3.63) is 41.7 Å². The summed E-state index contributed by atoms with van der Waals surface area (Å²) in [6.45, 7) is 10.3. The molecular formula is C16H24N4O. The molecule has 0 aliphatic heterocycles. The molecule has 1 atom stereocenters. The largest absolute Gasteiger partial charge is 0.326 e. The highest BCUT2D eigenvalue weighted by Gasteiger charge is 2.16. The first kappa shape index (κ1) is 16.9. The van der Waals surface area contributed by atoms with Crippen molar-refractivity contribution in [1.82, 2.24) is 15.0 Å². The average molecular weight is 288 g/mol. The number of para-hydroxylation sites is 1. The van der Waals surface area contributed by atoms with E-state index in [1.807, 2.05) is 65.0 Å². The third-order valence-electron chi connectivity index (χ3n) is 3.15. The van der Waals surface area contributed by atoms with Crippen molar-refractivity contribution in [3.8, 4) is 0 Å². The second-order valence-electron chi connectivity index (χ2n) is 4.70. The van der Waals surface area contributed by atoms with Crippen LogP contribution in [0.3, 0.4) is 0 Å². The Hall–Kier alpha value is -2.17. The maximum absolute atomic E-state index is 12.1. The second kappa shape index (κ2) is 8.19. The van der Waals surface area contributed by atoms with Gasteiger partial charge < -0.3 is 5.32 Å². The van der Waals surface area contributed by atoms with E-state index in [0.29, 0.717) is 6.54 Å². The minimum Gasteiger partial charge on any atom is -0.326 e. The summed E-state index contributed by atoms with van der Waals surface area (Å²) in [5, 5.41) is 10.9. The molecule has 0 fully saturated rings. The lowest BCUT2D eigenvalue weighted by Gasteiger charge is -2.12. The molecule has 2 rings (SSSR count). The van der Waals surface area contributed by atoms with Crippen LogP contribution in [0.5, 0.6) is 0 Å². The van der Waals surface area contributed by atoms with Crippen molar-refractivity contribution in [2.75, 3.05) is 5.32 Å². The maximum atomic E-state index is 12.1. The van der Waals surface area contributed by atoms with Gasteiger partial charge in [0, 0.05) is 5.69 Å². The van der Waals surface area contributed by atoms with Gasteiger partial charge in [-0.2, -0.15) is 0 Å². The smallest absolute Gasteiger partial charge is 0.229 e. The van der Waals surface area contributed by atoms with E-state index in [9.17, 15) is 4.79 Å². The Morgan fingerprint density at radius 3 is 2.38 bits per heavy atom. The standard InChI is InChI=1S/C14H18N4O.C2H6/c1-10(9-18-12(3)11(2)16-17-18)14(19)15-13-7-5-4-6-8-13;1-2/h4-8,10H,9H2,1-3H3,(H,15,19);1-2H3/t10-;/m0./s1. The van der Waals surface area contributed by atoms with Crippen LogP contribution in [0.25, 0.3) is 0 Å². The molecule has 21 heavy (non-hydrogen) atoms. The predicted molar refractivity (Wildman–Crippen MR) is 85.1 cm³/mol. The van der Waals surface area contributed by atoms with Crippen molar-refractivity contribution >= 4 is 11.6 Å². The molecule has 0 spiro atoms. The molecular weight excluding hydrogens is 264 g/mol.